The first-order valence-corrected chi connectivity index (χ1v) is 7.62. The van der Waals surface area contributed by atoms with Crippen LogP contribution in [0.3, 0.4) is 0 Å². The van der Waals surface area contributed by atoms with Crippen LogP contribution in [0, 0.1) is 5.92 Å². The van der Waals surface area contributed by atoms with E-state index in [-0.39, 0.29) is 0 Å². The molecule has 108 valence electrons. The number of rotatable bonds is 3. The minimum Gasteiger partial charge on any atom is -0.372 e. The number of nitrogens with zero attached hydrogens (tertiary/aromatic N) is 3. The number of likely N-dealkylation sites (N-methyl/N-ethyl adjacent to an activating group) is 1. The van der Waals surface area contributed by atoms with Gasteiger partial charge in [0.1, 0.15) is 0 Å². The lowest BCUT2D eigenvalue weighted by Crippen LogP contribution is -2.42. The number of piperidine rings is 1. The van der Waals surface area contributed by atoms with Gasteiger partial charge in [-0.2, -0.15) is 0 Å². The molecule has 20 heavy (non-hydrogen) atoms. The van der Waals surface area contributed by atoms with Crippen molar-refractivity contribution in [2.45, 2.75) is 12.8 Å². The molecule has 2 aliphatic heterocycles. The van der Waals surface area contributed by atoms with Crippen LogP contribution in [0.1, 0.15) is 12.8 Å². The zero-order chi connectivity index (χ0) is 13.8. The van der Waals surface area contributed by atoms with Gasteiger partial charge in [0.15, 0.2) is 5.96 Å². The molecule has 0 aliphatic carbocycles. The molecule has 3 rings (SSSR count). The van der Waals surface area contributed by atoms with Crippen molar-refractivity contribution in [1.29, 1.82) is 0 Å². The molecule has 0 amide bonds. The fourth-order valence-electron chi connectivity index (χ4n) is 2.99. The smallest absolute Gasteiger partial charge is 0.193 e. The lowest BCUT2D eigenvalue weighted by Gasteiger charge is -2.34. The van der Waals surface area contributed by atoms with Crippen LogP contribution in [0.4, 0.5) is 5.69 Å². The van der Waals surface area contributed by atoms with Crippen molar-refractivity contribution in [1.82, 2.24) is 10.2 Å². The second kappa shape index (κ2) is 6.16. The fourth-order valence-corrected chi connectivity index (χ4v) is 2.99. The van der Waals surface area contributed by atoms with Gasteiger partial charge in [0.2, 0.25) is 0 Å². The molecule has 4 heteroatoms. The molecule has 0 aromatic heterocycles. The number of benzene rings is 1. The van der Waals surface area contributed by atoms with Crippen molar-refractivity contribution in [2.75, 3.05) is 44.7 Å². The van der Waals surface area contributed by atoms with Crippen LogP contribution in [0.5, 0.6) is 0 Å². The van der Waals surface area contributed by atoms with Gasteiger partial charge in [0, 0.05) is 38.9 Å². The highest BCUT2D eigenvalue weighted by atomic mass is 15.3. The highest BCUT2D eigenvalue weighted by molar-refractivity contribution is 5.81. The van der Waals surface area contributed by atoms with E-state index in [2.05, 4.69) is 57.5 Å². The number of para-hydroxylation sites is 1. The molecule has 0 saturated carbocycles. The van der Waals surface area contributed by atoms with Gasteiger partial charge in [-0.15, -0.1) is 0 Å². The Labute approximate surface area is 121 Å². The van der Waals surface area contributed by atoms with E-state index in [1.54, 1.807) is 0 Å². The molecule has 1 aromatic carbocycles. The average Bonchev–Trinajstić information content (AvgIpc) is 2.92. The predicted octanol–water partition coefficient (Wildman–Crippen LogP) is 1.79. The Morgan fingerprint density at radius 2 is 1.90 bits per heavy atom. The van der Waals surface area contributed by atoms with E-state index >= 15 is 0 Å². The molecular formula is C16H24N4. The van der Waals surface area contributed by atoms with Crippen LogP contribution in [0.2, 0.25) is 0 Å². The predicted molar refractivity (Wildman–Crippen MR) is 84.3 cm³/mol. The maximum Gasteiger partial charge on any atom is 0.193 e. The highest BCUT2D eigenvalue weighted by Crippen LogP contribution is 2.22. The Hall–Kier alpha value is -1.71. The SMILES string of the molecule is CN1CCN=C1NCC1CCN(c2ccccc2)CC1. The quantitative estimate of drug-likeness (QED) is 0.910. The normalized spacial score (nSPS) is 20.1. The number of hydrogen-bond donors (Lipinski definition) is 1. The summed E-state index contributed by atoms with van der Waals surface area (Å²) in [6.45, 7) is 5.38. The Bertz CT molecular complexity index is 449. The lowest BCUT2D eigenvalue weighted by molar-refractivity contribution is 0.395. The van der Waals surface area contributed by atoms with Gasteiger partial charge in [0.05, 0.1) is 6.54 Å². The van der Waals surface area contributed by atoms with Gasteiger partial charge >= 0.3 is 0 Å². The third-order valence-electron chi connectivity index (χ3n) is 4.34. The monoisotopic (exact) mass is 272 g/mol. The van der Waals surface area contributed by atoms with Gasteiger partial charge in [-0.1, -0.05) is 18.2 Å². The summed E-state index contributed by atoms with van der Waals surface area (Å²) in [5, 5.41) is 3.51. The molecule has 0 bridgehead atoms. The van der Waals surface area contributed by atoms with Crippen LogP contribution in [-0.2, 0) is 0 Å². The molecule has 0 radical (unpaired) electrons. The molecule has 4 nitrogen and oxygen atoms in total. The van der Waals surface area contributed by atoms with E-state index in [0.717, 1.165) is 31.5 Å². The second-order valence-corrected chi connectivity index (χ2v) is 5.77. The Balaban J connectivity index is 1.45. The van der Waals surface area contributed by atoms with Crippen molar-refractivity contribution >= 4 is 11.6 Å². The van der Waals surface area contributed by atoms with Gasteiger partial charge in [-0.05, 0) is 30.9 Å². The van der Waals surface area contributed by atoms with E-state index in [9.17, 15) is 0 Å². The molecule has 2 aliphatic rings. The van der Waals surface area contributed by atoms with E-state index in [4.69, 9.17) is 0 Å². The molecule has 1 saturated heterocycles. The van der Waals surface area contributed by atoms with Crippen molar-refractivity contribution in [3.8, 4) is 0 Å². The maximum atomic E-state index is 4.48. The van der Waals surface area contributed by atoms with Gasteiger partial charge in [-0.25, -0.2) is 0 Å². The standard InChI is InChI=1S/C16H24N4/c1-19-12-9-17-16(19)18-13-14-7-10-20(11-8-14)15-5-3-2-4-6-15/h2-6,14H,7-13H2,1H3,(H,17,18). The Morgan fingerprint density at radius 1 is 1.15 bits per heavy atom. The van der Waals surface area contributed by atoms with E-state index in [1.807, 2.05) is 0 Å². The third-order valence-corrected chi connectivity index (χ3v) is 4.34. The Kier molecular flexibility index (Phi) is 4.09. The Morgan fingerprint density at radius 3 is 2.55 bits per heavy atom. The van der Waals surface area contributed by atoms with Crippen molar-refractivity contribution in [3.63, 3.8) is 0 Å². The highest BCUT2D eigenvalue weighted by Gasteiger charge is 2.20. The average molecular weight is 272 g/mol. The van der Waals surface area contributed by atoms with Gasteiger partial charge in [0.25, 0.3) is 0 Å². The molecule has 0 atom stereocenters. The van der Waals surface area contributed by atoms with Gasteiger partial charge in [-0.3, -0.25) is 4.99 Å². The molecule has 1 N–H and O–H groups in total. The number of aliphatic imine (C=N–C) groups is 1. The summed E-state index contributed by atoms with van der Waals surface area (Å²) in [7, 11) is 2.11. The largest absolute Gasteiger partial charge is 0.372 e. The van der Waals surface area contributed by atoms with Crippen molar-refractivity contribution in [2.24, 2.45) is 10.9 Å². The van der Waals surface area contributed by atoms with Crippen molar-refractivity contribution in [3.05, 3.63) is 30.3 Å². The number of nitrogens with one attached hydrogen (secondary N) is 1. The first-order chi connectivity index (χ1) is 9.83. The topological polar surface area (TPSA) is 30.9 Å². The first-order valence-electron chi connectivity index (χ1n) is 7.62. The summed E-state index contributed by atoms with van der Waals surface area (Å²) in [5.74, 6) is 1.85. The molecule has 1 fully saturated rings. The zero-order valence-electron chi connectivity index (χ0n) is 12.3. The molecule has 2 heterocycles. The fraction of sp³-hybridized carbons (Fsp3) is 0.562. The summed E-state index contributed by atoms with van der Waals surface area (Å²) < 4.78 is 0. The molecule has 0 spiro atoms. The van der Waals surface area contributed by atoms with Crippen LogP contribution < -0.4 is 10.2 Å². The summed E-state index contributed by atoms with van der Waals surface area (Å²) >= 11 is 0. The summed E-state index contributed by atoms with van der Waals surface area (Å²) in [5.41, 5.74) is 1.36. The zero-order valence-corrected chi connectivity index (χ0v) is 12.3. The number of anilines is 1. The van der Waals surface area contributed by atoms with E-state index in [1.165, 1.54) is 31.6 Å². The lowest BCUT2D eigenvalue weighted by atomic mass is 9.96. The van der Waals surface area contributed by atoms with Gasteiger partial charge < -0.3 is 15.1 Å². The van der Waals surface area contributed by atoms with E-state index < -0.39 is 0 Å². The summed E-state index contributed by atoms with van der Waals surface area (Å²) in [6.07, 6.45) is 2.53. The second-order valence-electron chi connectivity index (χ2n) is 5.77. The van der Waals surface area contributed by atoms with Crippen LogP contribution in [-0.4, -0.2) is 50.6 Å². The maximum absolute atomic E-state index is 4.48. The van der Waals surface area contributed by atoms with Crippen LogP contribution in [0.25, 0.3) is 0 Å². The first kappa shape index (κ1) is 13.3. The molecular weight excluding hydrogens is 248 g/mol. The number of hydrogen-bond acceptors (Lipinski definition) is 4. The third kappa shape index (κ3) is 3.06. The minimum absolute atomic E-state index is 0.770. The van der Waals surface area contributed by atoms with Crippen LogP contribution in [0.15, 0.2) is 35.3 Å². The van der Waals surface area contributed by atoms with E-state index in [0.29, 0.717) is 0 Å². The van der Waals surface area contributed by atoms with Crippen molar-refractivity contribution < 1.29 is 0 Å². The van der Waals surface area contributed by atoms with Crippen LogP contribution >= 0.6 is 0 Å². The molecule has 1 aromatic rings. The molecule has 0 unspecified atom stereocenters. The summed E-state index contributed by atoms with van der Waals surface area (Å²) in [6, 6.07) is 10.7. The minimum atomic E-state index is 0.770. The summed E-state index contributed by atoms with van der Waals surface area (Å²) in [4.78, 5) is 9.19. The number of guanidine groups is 1.